The molecule has 0 aliphatic carbocycles. The fourth-order valence-electron chi connectivity index (χ4n) is 2.13. The van der Waals surface area contributed by atoms with E-state index >= 15 is 0 Å². The lowest BCUT2D eigenvalue weighted by Gasteiger charge is -2.19. The first-order valence-electron chi connectivity index (χ1n) is 5.84. The smallest absolute Gasteiger partial charge is 0.0584 e. The SMILES string of the molecule is ON=C1CCCN(Cc2ccccc2)CC1. The minimum atomic E-state index is 0.892. The lowest BCUT2D eigenvalue weighted by atomic mass is 10.2. The van der Waals surface area contributed by atoms with Crippen LogP contribution in [0.5, 0.6) is 0 Å². The number of nitrogens with zero attached hydrogens (tertiary/aromatic N) is 2. The van der Waals surface area contributed by atoms with Crippen LogP contribution in [0.3, 0.4) is 0 Å². The number of benzene rings is 1. The quantitative estimate of drug-likeness (QED) is 0.611. The molecule has 1 aliphatic heterocycles. The summed E-state index contributed by atoms with van der Waals surface area (Å²) in [6.45, 7) is 3.09. The zero-order valence-electron chi connectivity index (χ0n) is 9.47. The van der Waals surface area contributed by atoms with Gasteiger partial charge in [0.05, 0.1) is 5.71 Å². The van der Waals surface area contributed by atoms with Crippen LogP contribution in [0.4, 0.5) is 0 Å². The van der Waals surface area contributed by atoms with E-state index < -0.39 is 0 Å². The van der Waals surface area contributed by atoms with Crippen LogP contribution in [0.1, 0.15) is 24.8 Å². The largest absolute Gasteiger partial charge is 0.411 e. The van der Waals surface area contributed by atoms with Crippen molar-refractivity contribution in [1.29, 1.82) is 0 Å². The molecule has 1 aliphatic rings. The molecule has 0 spiro atoms. The Morgan fingerprint density at radius 3 is 2.69 bits per heavy atom. The van der Waals surface area contributed by atoms with Gasteiger partial charge in [-0.2, -0.15) is 0 Å². The predicted molar refractivity (Wildman–Crippen MR) is 64.8 cm³/mol. The molecule has 0 aromatic heterocycles. The normalized spacial score (nSPS) is 20.9. The molecule has 0 bridgehead atoms. The van der Waals surface area contributed by atoms with Gasteiger partial charge < -0.3 is 5.21 Å². The third-order valence-corrected chi connectivity index (χ3v) is 3.05. The number of hydrogen-bond acceptors (Lipinski definition) is 3. The van der Waals surface area contributed by atoms with Crippen molar-refractivity contribution in [2.75, 3.05) is 13.1 Å². The Bertz CT molecular complexity index is 348. The maximum atomic E-state index is 8.76. The van der Waals surface area contributed by atoms with E-state index in [-0.39, 0.29) is 0 Å². The molecule has 3 heteroatoms. The molecule has 0 saturated carbocycles. The van der Waals surface area contributed by atoms with Gasteiger partial charge in [-0.25, -0.2) is 0 Å². The van der Waals surface area contributed by atoms with Crippen LogP contribution >= 0.6 is 0 Å². The maximum Gasteiger partial charge on any atom is 0.0584 e. The Kier molecular flexibility index (Phi) is 3.94. The molecular weight excluding hydrogens is 200 g/mol. The van der Waals surface area contributed by atoms with E-state index in [4.69, 9.17) is 5.21 Å². The first-order chi connectivity index (χ1) is 7.88. The van der Waals surface area contributed by atoms with Crippen LogP contribution in [-0.4, -0.2) is 28.9 Å². The highest BCUT2D eigenvalue weighted by molar-refractivity contribution is 5.84. The minimum Gasteiger partial charge on any atom is -0.411 e. The van der Waals surface area contributed by atoms with Crippen molar-refractivity contribution >= 4 is 5.71 Å². The van der Waals surface area contributed by atoms with E-state index in [2.05, 4.69) is 34.3 Å². The van der Waals surface area contributed by atoms with Crippen LogP contribution in [0.25, 0.3) is 0 Å². The van der Waals surface area contributed by atoms with Gasteiger partial charge in [0.1, 0.15) is 0 Å². The lowest BCUT2D eigenvalue weighted by Crippen LogP contribution is -2.24. The van der Waals surface area contributed by atoms with Crippen LogP contribution < -0.4 is 0 Å². The fourth-order valence-corrected chi connectivity index (χ4v) is 2.13. The summed E-state index contributed by atoms with van der Waals surface area (Å²) in [6, 6.07) is 10.5. The van der Waals surface area contributed by atoms with E-state index in [9.17, 15) is 0 Å². The number of rotatable bonds is 2. The van der Waals surface area contributed by atoms with Gasteiger partial charge in [0, 0.05) is 19.5 Å². The van der Waals surface area contributed by atoms with E-state index in [1.54, 1.807) is 0 Å². The fraction of sp³-hybridized carbons (Fsp3) is 0.462. The topological polar surface area (TPSA) is 35.8 Å². The Morgan fingerprint density at radius 2 is 1.94 bits per heavy atom. The van der Waals surface area contributed by atoms with Crippen molar-refractivity contribution in [2.24, 2.45) is 5.16 Å². The highest BCUT2D eigenvalue weighted by Crippen LogP contribution is 2.11. The Balaban J connectivity index is 1.91. The highest BCUT2D eigenvalue weighted by atomic mass is 16.4. The Morgan fingerprint density at radius 1 is 1.12 bits per heavy atom. The molecule has 1 aromatic carbocycles. The van der Waals surface area contributed by atoms with Crippen LogP contribution in [-0.2, 0) is 6.54 Å². The molecular formula is C13H18N2O. The van der Waals surface area contributed by atoms with Gasteiger partial charge in [0.2, 0.25) is 0 Å². The highest BCUT2D eigenvalue weighted by Gasteiger charge is 2.13. The molecule has 3 nitrogen and oxygen atoms in total. The van der Waals surface area contributed by atoms with Gasteiger partial charge in [-0.3, -0.25) is 4.90 Å². The van der Waals surface area contributed by atoms with Crippen molar-refractivity contribution in [3.63, 3.8) is 0 Å². The number of hydrogen-bond donors (Lipinski definition) is 1. The Labute approximate surface area is 96.4 Å². The van der Waals surface area contributed by atoms with Crippen LogP contribution in [0, 0.1) is 0 Å². The molecule has 1 fully saturated rings. The van der Waals surface area contributed by atoms with Gasteiger partial charge in [0.25, 0.3) is 0 Å². The summed E-state index contributed by atoms with van der Waals surface area (Å²) < 4.78 is 0. The number of oxime groups is 1. The molecule has 86 valence electrons. The van der Waals surface area contributed by atoms with Gasteiger partial charge in [0.15, 0.2) is 0 Å². The second kappa shape index (κ2) is 5.66. The predicted octanol–water partition coefficient (Wildman–Crippen LogP) is 2.50. The maximum absolute atomic E-state index is 8.76. The standard InChI is InChI=1S/C13H18N2O/c16-14-13-7-4-9-15(10-8-13)11-12-5-2-1-3-6-12/h1-3,5-6,16H,4,7-11H2. The van der Waals surface area contributed by atoms with E-state index in [1.807, 2.05) is 6.07 Å². The average molecular weight is 218 g/mol. The van der Waals surface area contributed by atoms with Gasteiger partial charge in [-0.05, 0) is 24.9 Å². The zero-order valence-corrected chi connectivity index (χ0v) is 9.47. The van der Waals surface area contributed by atoms with E-state index in [0.717, 1.165) is 44.6 Å². The van der Waals surface area contributed by atoms with E-state index in [0.29, 0.717) is 0 Å². The summed E-state index contributed by atoms with van der Waals surface area (Å²) in [5, 5.41) is 12.1. The monoisotopic (exact) mass is 218 g/mol. The third kappa shape index (κ3) is 3.07. The van der Waals surface area contributed by atoms with E-state index in [1.165, 1.54) is 5.56 Å². The van der Waals surface area contributed by atoms with Gasteiger partial charge in [-0.1, -0.05) is 35.5 Å². The molecule has 2 rings (SSSR count). The van der Waals surface area contributed by atoms with Crippen molar-refractivity contribution in [3.8, 4) is 0 Å². The molecule has 1 N–H and O–H groups in total. The first-order valence-corrected chi connectivity index (χ1v) is 5.84. The van der Waals surface area contributed by atoms with Gasteiger partial charge in [-0.15, -0.1) is 0 Å². The van der Waals surface area contributed by atoms with Gasteiger partial charge >= 0.3 is 0 Å². The minimum absolute atomic E-state index is 0.892. The van der Waals surface area contributed by atoms with Crippen molar-refractivity contribution in [3.05, 3.63) is 35.9 Å². The third-order valence-electron chi connectivity index (χ3n) is 3.05. The number of likely N-dealkylation sites (tertiary alicyclic amines) is 1. The first kappa shape index (κ1) is 11.1. The molecule has 1 saturated heterocycles. The molecule has 1 aromatic rings. The average Bonchev–Trinajstić information content (AvgIpc) is 2.56. The zero-order chi connectivity index (χ0) is 11.2. The van der Waals surface area contributed by atoms with Crippen LogP contribution in [0.15, 0.2) is 35.5 Å². The summed E-state index contributed by atoms with van der Waals surface area (Å²) >= 11 is 0. The second-order valence-corrected chi connectivity index (χ2v) is 4.28. The summed E-state index contributed by atoms with van der Waals surface area (Å²) in [6.07, 6.45) is 2.91. The summed E-state index contributed by atoms with van der Waals surface area (Å²) in [5.74, 6) is 0. The summed E-state index contributed by atoms with van der Waals surface area (Å²) in [5.41, 5.74) is 2.29. The van der Waals surface area contributed by atoms with Crippen molar-refractivity contribution in [1.82, 2.24) is 4.90 Å². The molecule has 0 amide bonds. The molecule has 1 heterocycles. The molecule has 0 radical (unpaired) electrons. The molecule has 0 unspecified atom stereocenters. The van der Waals surface area contributed by atoms with Crippen molar-refractivity contribution < 1.29 is 5.21 Å². The Hall–Kier alpha value is -1.35. The lowest BCUT2D eigenvalue weighted by molar-refractivity contribution is 0.278. The molecule has 0 atom stereocenters. The summed E-state index contributed by atoms with van der Waals surface area (Å²) in [4.78, 5) is 2.42. The summed E-state index contributed by atoms with van der Waals surface area (Å²) in [7, 11) is 0. The van der Waals surface area contributed by atoms with Crippen molar-refractivity contribution in [2.45, 2.75) is 25.8 Å². The molecule has 16 heavy (non-hydrogen) atoms. The van der Waals surface area contributed by atoms with Crippen LogP contribution in [0.2, 0.25) is 0 Å². The second-order valence-electron chi connectivity index (χ2n) is 4.28.